The van der Waals surface area contributed by atoms with Crippen LogP contribution < -0.4 is 10.6 Å². The second-order valence-electron chi connectivity index (χ2n) is 4.48. The summed E-state index contributed by atoms with van der Waals surface area (Å²) < 4.78 is 0. The predicted octanol–water partition coefficient (Wildman–Crippen LogP) is 2.61. The molecule has 20 heavy (non-hydrogen) atoms. The minimum absolute atomic E-state index is 0.0459. The van der Waals surface area contributed by atoms with E-state index in [1.807, 2.05) is 6.92 Å². The van der Waals surface area contributed by atoms with E-state index < -0.39 is 5.97 Å². The summed E-state index contributed by atoms with van der Waals surface area (Å²) in [4.78, 5) is 22.4. The molecule has 1 aromatic rings. The minimum Gasteiger partial charge on any atom is -0.481 e. The van der Waals surface area contributed by atoms with Gasteiger partial charge in [-0.05, 0) is 24.1 Å². The number of carbonyl (C=O) groups is 2. The summed E-state index contributed by atoms with van der Waals surface area (Å²) in [5, 5.41) is 14.9. The fraction of sp³-hybridized carbons (Fsp3) is 0.429. The molecule has 0 aromatic heterocycles. The first-order valence-corrected chi connectivity index (χ1v) is 6.89. The molecule has 0 fully saturated rings. The molecular formula is C14H19ClN2O3. The number of rotatable bonds is 7. The monoisotopic (exact) mass is 298 g/mol. The smallest absolute Gasteiger partial charge is 0.314 e. The molecule has 0 aliphatic heterocycles. The molecule has 6 heteroatoms. The molecule has 1 unspecified atom stereocenters. The lowest BCUT2D eigenvalue weighted by atomic mass is 9.96. The molecule has 0 spiro atoms. The molecule has 1 atom stereocenters. The number of amides is 2. The van der Waals surface area contributed by atoms with E-state index >= 15 is 0 Å². The highest BCUT2D eigenvalue weighted by atomic mass is 35.5. The highest BCUT2D eigenvalue weighted by Gasteiger charge is 2.16. The molecule has 0 saturated heterocycles. The van der Waals surface area contributed by atoms with Crippen LogP contribution in [0.1, 0.15) is 31.2 Å². The van der Waals surface area contributed by atoms with Crippen LogP contribution >= 0.6 is 11.6 Å². The van der Waals surface area contributed by atoms with Gasteiger partial charge in [0.15, 0.2) is 0 Å². The number of nitrogens with one attached hydrogen (secondary N) is 2. The number of carboxylic acid groups (broad SMARTS) is 1. The number of urea groups is 1. The van der Waals surface area contributed by atoms with Crippen molar-refractivity contribution in [1.82, 2.24) is 10.6 Å². The van der Waals surface area contributed by atoms with Crippen molar-refractivity contribution >= 4 is 23.6 Å². The number of aliphatic carboxylic acids is 1. The molecule has 110 valence electrons. The molecular weight excluding hydrogens is 280 g/mol. The average molecular weight is 299 g/mol. The number of halogens is 1. The van der Waals surface area contributed by atoms with Crippen LogP contribution in [0.4, 0.5) is 4.79 Å². The first-order valence-electron chi connectivity index (χ1n) is 6.52. The van der Waals surface area contributed by atoms with Crippen LogP contribution in [0.3, 0.4) is 0 Å². The molecule has 1 rings (SSSR count). The second kappa shape index (κ2) is 8.43. The average Bonchev–Trinajstić information content (AvgIpc) is 2.41. The highest BCUT2D eigenvalue weighted by Crippen LogP contribution is 2.21. The number of hydrogen-bond acceptors (Lipinski definition) is 2. The van der Waals surface area contributed by atoms with Crippen LogP contribution in [-0.4, -0.2) is 30.2 Å². The lowest BCUT2D eigenvalue weighted by Crippen LogP contribution is -2.38. The van der Waals surface area contributed by atoms with Gasteiger partial charge in [0.05, 0.1) is 6.42 Å². The van der Waals surface area contributed by atoms with E-state index in [9.17, 15) is 9.59 Å². The number of carbonyl (C=O) groups excluding carboxylic acids is 1. The van der Waals surface area contributed by atoms with Crippen molar-refractivity contribution < 1.29 is 14.7 Å². The van der Waals surface area contributed by atoms with E-state index in [0.29, 0.717) is 11.6 Å². The molecule has 2 amide bonds. The van der Waals surface area contributed by atoms with Gasteiger partial charge in [-0.2, -0.15) is 0 Å². The fourth-order valence-electron chi connectivity index (χ4n) is 1.77. The topological polar surface area (TPSA) is 78.4 Å². The second-order valence-corrected chi connectivity index (χ2v) is 4.92. The molecule has 0 radical (unpaired) electrons. The number of carboxylic acids is 1. The predicted molar refractivity (Wildman–Crippen MR) is 78.1 cm³/mol. The number of benzene rings is 1. The van der Waals surface area contributed by atoms with Crippen molar-refractivity contribution in [2.24, 2.45) is 0 Å². The first-order chi connectivity index (χ1) is 9.52. The Morgan fingerprint density at radius 1 is 1.25 bits per heavy atom. The Morgan fingerprint density at radius 3 is 2.45 bits per heavy atom. The SMILES string of the molecule is CCCNC(=O)NCC(CC(=O)O)c1ccc(Cl)cc1. The Bertz CT molecular complexity index is 448. The molecule has 0 heterocycles. The normalized spacial score (nSPS) is 11.7. The van der Waals surface area contributed by atoms with Crippen molar-refractivity contribution in [2.45, 2.75) is 25.7 Å². The molecule has 5 nitrogen and oxygen atoms in total. The van der Waals surface area contributed by atoms with E-state index in [1.165, 1.54) is 0 Å². The zero-order valence-corrected chi connectivity index (χ0v) is 12.1. The van der Waals surface area contributed by atoms with E-state index in [0.717, 1.165) is 12.0 Å². The maximum Gasteiger partial charge on any atom is 0.314 e. The third kappa shape index (κ3) is 5.93. The minimum atomic E-state index is -0.902. The zero-order valence-electron chi connectivity index (χ0n) is 11.4. The van der Waals surface area contributed by atoms with Crippen molar-refractivity contribution in [3.8, 4) is 0 Å². The Hall–Kier alpha value is -1.75. The van der Waals surface area contributed by atoms with Crippen LogP contribution in [-0.2, 0) is 4.79 Å². The van der Waals surface area contributed by atoms with Crippen molar-refractivity contribution in [2.75, 3.05) is 13.1 Å². The quantitative estimate of drug-likeness (QED) is 0.724. The Kier molecular flexibility index (Phi) is 6.87. The van der Waals surface area contributed by atoms with E-state index in [2.05, 4.69) is 10.6 Å². The molecule has 0 saturated carbocycles. The van der Waals surface area contributed by atoms with Gasteiger partial charge in [0.1, 0.15) is 0 Å². The van der Waals surface area contributed by atoms with Gasteiger partial charge in [0, 0.05) is 24.0 Å². The summed E-state index contributed by atoms with van der Waals surface area (Å²) in [5.41, 5.74) is 0.840. The van der Waals surface area contributed by atoms with Crippen LogP contribution in [0, 0.1) is 0 Å². The molecule has 0 aliphatic carbocycles. The molecule has 1 aromatic carbocycles. The zero-order chi connectivity index (χ0) is 15.0. The van der Waals surface area contributed by atoms with Gasteiger partial charge >= 0.3 is 12.0 Å². The van der Waals surface area contributed by atoms with E-state index in [1.54, 1.807) is 24.3 Å². The Labute approximate surface area is 123 Å². The van der Waals surface area contributed by atoms with Gasteiger partial charge in [-0.15, -0.1) is 0 Å². The molecule has 0 aliphatic rings. The van der Waals surface area contributed by atoms with Crippen molar-refractivity contribution in [1.29, 1.82) is 0 Å². The maximum atomic E-state index is 11.5. The Morgan fingerprint density at radius 2 is 1.90 bits per heavy atom. The van der Waals surface area contributed by atoms with Crippen LogP contribution in [0.25, 0.3) is 0 Å². The number of hydrogen-bond donors (Lipinski definition) is 3. The fourth-order valence-corrected chi connectivity index (χ4v) is 1.90. The third-order valence-electron chi connectivity index (χ3n) is 2.81. The van der Waals surface area contributed by atoms with Gasteiger partial charge in [0.25, 0.3) is 0 Å². The lowest BCUT2D eigenvalue weighted by molar-refractivity contribution is -0.137. The van der Waals surface area contributed by atoms with Gasteiger partial charge in [-0.3, -0.25) is 4.79 Å². The van der Waals surface area contributed by atoms with Crippen LogP contribution in [0.2, 0.25) is 5.02 Å². The molecule has 0 bridgehead atoms. The summed E-state index contributed by atoms with van der Waals surface area (Å²) in [6.07, 6.45) is 0.804. The van der Waals surface area contributed by atoms with E-state index in [4.69, 9.17) is 16.7 Å². The van der Waals surface area contributed by atoms with Crippen LogP contribution in [0.5, 0.6) is 0 Å². The van der Waals surface area contributed by atoms with Gasteiger partial charge in [-0.1, -0.05) is 30.7 Å². The summed E-state index contributed by atoms with van der Waals surface area (Å²) in [5.74, 6) is -1.18. The highest BCUT2D eigenvalue weighted by molar-refractivity contribution is 6.30. The van der Waals surface area contributed by atoms with Crippen molar-refractivity contribution in [3.63, 3.8) is 0 Å². The summed E-state index contributed by atoms with van der Waals surface area (Å²) in [6.45, 7) is 2.82. The maximum absolute atomic E-state index is 11.5. The van der Waals surface area contributed by atoms with Crippen molar-refractivity contribution in [3.05, 3.63) is 34.9 Å². The van der Waals surface area contributed by atoms with E-state index in [-0.39, 0.29) is 24.9 Å². The summed E-state index contributed by atoms with van der Waals surface area (Å²) in [6, 6.07) is 6.70. The summed E-state index contributed by atoms with van der Waals surface area (Å²) >= 11 is 5.81. The van der Waals surface area contributed by atoms with Gasteiger partial charge in [0.2, 0.25) is 0 Å². The summed E-state index contributed by atoms with van der Waals surface area (Å²) in [7, 11) is 0. The van der Waals surface area contributed by atoms with Crippen LogP contribution in [0.15, 0.2) is 24.3 Å². The molecule has 3 N–H and O–H groups in total. The van der Waals surface area contributed by atoms with Gasteiger partial charge < -0.3 is 15.7 Å². The Balaban J connectivity index is 2.62. The largest absolute Gasteiger partial charge is 0.481 e. The third-order valence-corrected chi connectivity index (χ3v) is 3.06. The first kappa shape index (κ1) is 16.3. The van der Waals surface area contributed by atoms with Gasteiger partial charge in [-0.25, -0.2) is 4.79 Å². The standard InChI is InChI=1S/C14H19ClN2O3/c1-2-7-16-14(20)17-9-11(8-13(18)19)10-3-5-12(15)6-4-10/h3-6,11H,2,7-9H2,1H3,(H,18,19)(H2,16,17,20). The lowest BCUT2D eigenvalue weighted by Gasteiger charge is -2.16.